The van der Waals surface area contributed by atoms with Crippen LogP contribution in [-0.2, 0) is 0 Å². The fourth-order valence-electron chi connectivity index (χ4n) is 2.36. The first-order chi connectivity index (χ1) is 9.81. The van der Waals surface area contributed by atoms with E-state index in [9.17, 15) is 0 Å². The first-order valence-corrected chi connectivity index (χ1v) is 8.91. The van der Waals surface area contributed by atoms with E-state index in [0.717, 1.165) is 17.9 Å². The van der Waals surface area contributed by atoms with Gasteiger partial charge in [0.1, 0.15) is 11.3 Å². The molecular formula is C17H25NOS. The smallest absolute Gasteiger partial charge is 0.134 e. The zero-order chi connectivity index (χ0) is 14.2. The zero-order valence-corrected chi connectivity index (χ0v) is 13.3. The molecule has 0 fully saturated rings. The van der Waals surface area contributed by atoms with Crippen LogP contribution in [-0.4, -0.2) is 18.6 Å². The Hall–Kier alpha value is -0.930. The predicted molar refractivity (Wildman–Crippen MR) is 89.5 cm³/mol. The molecule has 2 rings (SSSR count). The third-order valence-corrected chi connectivity index (χ3v) is 4.29. The molecule has 0 saturated carbocycles. The number of thioether (sulfide) groups is 1. The maximum absolute atomic E-state index is 5.87. The van der Waals surface area contributed by atoms with E-state index in [1.165, 1.54) is 36.8 Å². The Bertz CT molecular complexity index is 475. The van der Waals surface area contributed by atoms with Gasteiger partial charge in [0, 0.05) is 5.39 Å². The van der Waals surface area contributed by atoms with Crippen molar-refractivity contribution in [1.29, 1.82) is 0 Å². The lowest BCUT2D eigenvalue weighted by Crippen LogP contribution is -2.19. The Labute approximate surface area is 126 Å². The zero-order valence-electron chi connectivity index (χ0n) is 12.5. The van der Waals surface area contributed by atoms with E-state index in [-0.39, 0.29) is 6.04 Å². The summed E-state index contributed by atoms with van der Waals surface area (Å²) in [6.07, 6.45) is 7.44. The van der Waals surface area contributed by atoms with E-state index in [2.05, 4.69) is 30.6 Å². The topological polar surface area (TPSA) is 25.2 Å². The van der Waals surface area contributed by atoms with Gasteiger partial charge in [0.2, 0.25) is 0 Å². The number of unbranched alkanes of at least 4 members (excludes halogenated alkanes) is 3. The van der Waals surface area contributed by atoms with E-state index < -0.39 is 0 Å². The molecule has 1 aromatic heterocycles. The molecule has 20 heavy (non-hydrogen) atoms. The van der Waals surface area contributed by atoms with Gasteiger partial charge in [0.25, 0.3) is 0 Å². The van der Waals surface area contributed by atoms with E-state index in [1.54, 1.807) is 0 Å². The van der Waals surface area contributed by atoms with E-state index >= 15 is 0 Å². The van der Waals surface area contributed by atoms with Gasteiger partial charge < -0.3 is 9.73 Å². The number of nitrogens with one attached hydrogen (secondary N) is 1. The average Bonchev–Trinajstić information content (AvgIpc) is 2.90. The molecule has 1 heterocycles. The summed E-state index contributed by atoms with van der Waals surface area (Å²) in [5, 5.41) is 4.74. The number of hydrogen-bond acceptors (Lipinski definition) is 3. The minimum absolute atomic E-state index is 0.286. The van der Waals surface area contributed by atoms with Crippen LogP contribution >= 0.6 is 11.8 Å². The third-order valence-electron chi connectivity index (χ3n) is 3.60. The van der Waals surface area contributed by atoms with E-state index in [4.69, 9.17) is 4.42 Å². The van der Waals surface area contributed by atoms with Crippen LogP contribution in [0.4, 0.5) is 0 Å². The highest BCUT2D eigenvalue weighted by atomic mass is 32.2. The molecular weight excluding hydrogens is 266 g/mol. The van der Waals surface area contributed by atoms with Crippen LogP contribution in [0.3, 0.4) is 0 Å². The molecule has 1 N–H and O–H groups in total. The summed E-state index contributed by atoms with van der Waals surface area (Å²) in [7, 11) is 0. The van der Waals surface area contributed by atoms with Crippen LogP contribution in [0.25, 0.3) is 11.0 Å². The minimum Gasteiger partial charge on any atom is -0.459 e. The second-order valence-corrected chi connectivity index (χ2v) is 6.26. The lowest BCUT2D eigenvalue weighted by Gasteiger charge is -2.10. The van der Waals surface area contributed by atoms with Gasteiger partial charge in [-0.25, -0.2) is 0 Å². The molecule has 110 valence electrons. The van der Waals surface area contributed by atoms with Crippen molar-refractivity contribution in [1.82, 2.24) is 5.32 Å². The number of fused-ring (bicyclic) bond motifs is 1. The molecule has 1 aromatic carbocycles. The normalized spacial score (nSPS) is 12.9. The molecule has 0 bridgehead atoms. The van der Waals surface area contributed by atoms with Crippen LogP contribution < -0.4 is 5.32 Å². The van der Waals surface area contributed by atoms with Gasteiger partial charge in [-0.2, -0.15) is 11.8 Å². The summed E-state index contributed by atoms with van der Waals surface area (Å²) >= 11 is 1.94. The molecule has 0 radical (unpaired) electrons. The Balaban J connectivity index is 1.70. The largest absolute Gasteiger partial charge is 0.459 e. The predicted octanol–water partition coefficient (Wildman–Crippen LogP) is 5.01. The fraction of sp³-hybridized carbons (Fsp3) is 0.529. The molecule has 3 heteroatoms. The van der Waals surface area contributed by atoms with Crippen LogP contribution in [0, 0.1) is 0 Å². The molecule has 0 saturated heterocycles. The number of rotatable bonds is 9. The van der Waals surface area contributed by atoms with Crippen molar-refractivity contribution in [2.75, 3.05) is 18.6 Å². The van der Waals surface area contributed by atoms with Crippen LogP contribution in [0.1, 0.15) is 44.4 Å². The highest BCUT2D eigenvalue weighted by Crippen LogP contribution is 2.23. The molecule has 0 spiro atoms. The Morgan fingerprint density at radius 2 is 1.95 bits per heavy atom. The van der Waals surface area contributed by atoms with Crippen molar-refractivity contribution in [3.63, 3.8) is 0 Å². The molecule has 1 unspecified atom stereocenters. The standard InChI is InChI=1S/C17H25NOS/c1-14(18-11-7-3-4-8-12-20-2)17-13-15-9-5-6-10-16(15)19-17/h5-6,9-10,13-14,18H,3-4,7-8,11-12H2,1-2H3. The van der Waals surface area contributed by atoms with Gasteiger partial charge >= 0.3 is 0 Å². The van der Waals surface area contributed by atoms with Crippen molar-refractivity contribution in [2.24, 2.45) is 0 Å². The summed E-state index contributed by atoms with van der Waals surface area (Å²) < 4.78 is 5.87. The third kappa shape index (κ3) is 4.57. The highest BCUT2D eigenvalue weighted by molar-refractivity contribution is 7.98. The first-order valence-electron chi connectivity index (χ1n) is 7.52. The van der Waals surface area contributed by atoms with Crippen molar-refractivity contribution in [3.8, 4) is 0 Å². The summed E-state index contributed by atoms with van der Waals surface area (Å²) in [5.41, 5.74) is 0.980. The van der Waals surface area contributed by atoms with Crippen LogP contribution in [0.5, 0.6) is 0 Å². The fourth-order valence-corrected chi connectivity index (χ4v) is 2.85. The summed E-state index contributed by atoms with van der Waals surface area (Å²) in [6.45, 7) is 3.24. The molecule has 0 amide bonds. The van der Waals surface area contributed by atoms with Crippen molar-refractivity contribution < 1.29 is 4.42 Å². The van der Waals surface area contributed by atoms with E-state index in [1.807, 2.05) is 30.0 Å². The molecule has 1 atom stereocenters. The van der Waals surface area contributed by atoms with Crippen molar-refractivity contribution in [3.05, 3.63) is 36.1 Å². The highest BCUT2D eigenvalue weighted by Gasteiger charge is 2.10. The monoisotopic (exact) mass is 291 g/mol. The van der Waals surface area contributed by atoms with E-state index in [0.29, 0.717) is 0 Å². The van der Waals surface area contributed by atoms with Crippen LogP contribution in [0.2, 0.25) is 0 Å². The number of para-hydroxylation sites is 1. The van der Waals surface area contributed by atoms with Gasteiger partial charge in [-0.05, 0) is 50.5 Å². The minimum atomic E-state index is 0.286. The molecule has 0 aliphatic carbocycles. The summed E-state index contributed by atoms with van der Waals surface area (Å²) in [6, 6.07) is 10.6. The van der Waals surface area contributed by atoms with Crippen molar-refractivity contribution >= 4 is 22.7 Å². The number of hydrogen-bond donors (Lipinski definition) is 1. The Morgan fingerprint density at radius 3 is 2.75 bits per heavy atom. The molecule has 0 aliphatic heterocycles. The summed E-state index contributed by atoms with van der Waals surface area (Å²) in [5.74, 6) is 2.33. The lowest BCUT2D eigenvalue weighted by molar-refractivity contribution is 0.444. The second-order valence-electron chi connectivity index (χ2n) is 5.27. The Morgan fingerprint density at radius 1 is 1.15 bits per heavy atom. The number of benzene rings is 1. The molecule has 2 aromatic rings. The first kappa shape index (κ1) is 15.5. The maximum Gasteiger partial charge on any atom is 0.134 e. The lowest BCUT2D eigenvalue weighted by atomic mass is 10.2. The summed E-state index contributed by atoms with van der Waals surface area (Å²) in [4.78, 5) is 0. The van der Waals surface area contributed by atoms with Gasteiger partial charge in [0.15, 0.2) is 0 Å². The SMILES string of the molecule is CSCCCCCCNC(C)c1cc2ccccc2o1. The van der Waals surface area contributed by atoms with Crippen molar-refractivity contribution in [2.45, 2.75) is 38.6 Å². The average molecular weight is 291 g/mol. The second kappa shape index (κ2) is 8.38. The van der Waals surface area contributed by atoms with Gasteiger partial charge in [0.05, 0.1) is 6.04 Å². The molecule has 0 aliphatic rings. The molecule has 2 nitrogen and oxygen atoms in total. The Kier molecular flexibility index (Phi) is 6.48. The van der Waals surface area contributed by atoms with Gasteiger partial charge in [-0.15, -0.1) is 0 Å². The van der Waals surface area contributed by atoms with Crippen LogP contribution in [0.15, 0.2) is 34.7 Å². The number of furan rings is 1. The van der Waals surface area contributed by atoms with Gasteiger partial charge in [-0.1, -0.05) is 31.0 Å². The van der Waals surface area contributed by atoms with Gasteiger partial charge in [-0.3, -0.25) is 0 Å². The quantitative estimate of drug-likeness (QED) is 0.658. The maximum atomic E-state index is 5.87.